The molecule has 7 N–H and O–H groups in total. The number of phenolic OH excluding ortho intramolecular Hbond substituents is 4. The van der Waals surface area contributed by atoms with E-state index in [1.807, 2.05) is 0 Å². The minimum Gasteiger partial charge on any atom is -0.508 e. The number of aromatic hydroxyl groups is 4. The number of aliphatic hydroxyl groups excluding tert-OH is 3. The first-order chi connectivity index (χ1) is 15.1. The van der Waals surface area contributed by atoms with Gasteiger partial charge in [0.2, 0.25) is 0 Å². The molecule has 1 saturated heterocycles. The van der Waals surface area contributed by atoms with Gasteiger partial charge in [-0.15, -0.1) is 0 Å². The molecule has 3 aromatic rings. The van der Waals surface area contributed by atoms with E-state index in [4.69, 9.17) is 9.15 Å². The maximum absolute atomic E-state index is 12.8. The number of rotatable bonds is 3. The highest BCUT2D eigenvalue weighted by molar-refractivity contribution is 5.89. The van der Waals surface area contributed by atoms with Gasteiger partial charge in [-0.2, -0.15) is 0 Å². The summed E-state index contributed by atoms with van der Waals surface area (Å²) in [6.45, 7) is 0.926. The lowest BCUT2D eigenvalue weighted by molar-refractivity contribution is -0.207. The van der Waals surface area contributed by atoms with Crippen molar-refractivity contribution < 1.29 is 44.9 Å². The molecule has 1 aliphatic heterocycles. The van der Waals surface area contributed by atoms with E-state index in [1.54, 1.807) is 6.92 Å². The first kappa shape index (κ1) is 21.9. The fourth-order valence-corrected chi connectivity index (χ4v) is 4.06. The smallest absolute Gasteiger partial charge is 0.197 e. The van der Waals surface area contributed by atoms with Crippen molar-refractivity contribution in [2.24, 2.45) is 5.92 Å². The summed E-state index contributed by atoms with van der Waals surface area (Å²) in [5.41, 5.74) is -0.842. The Kier molecular flexibility index (Phi) is 5.47. The van der Waals surface area contributed by atoms with Crippen LogP contribution in [0.4, 0.5) is 0 Å². The van der Waals surface area contributed by atoms with Crippen LogP contribution >= 0.6 is 0 Å². The summed E-state index contributed by atoms with van der Waals surface area (Å²) in [5, 5.41) is 70.3. The predicted octanol–water partition coefficient (Wildman–Crippen LogP) is 1.07. The molecule has 4 rings (SSSR count). The Balaban J connectivity index is 1.99. The van der Waals surface area contributed by atoms with Crippen LogP contribution in [0.3, 0.4) is 0 Å². The van der Waals surface area contributed by atoms with Gasteiger partial charge in [-0.25, -0.2) is 0 Å². The van der Waals surface area contributed by atoms with Crippen molar-refractivity contribution in [3.05, 3.63) is 46.1 Å². The second-order valence-corrected chi connectivity index (χ2v) is 7.86. The summed E-state index contributed by atoms with van der Waals surface area (Å²) in [4.78, 5) is 12.8. The average molecular weight is 446 g/mol. The molecule has 1 aromatic heterocycles. The van der Waals surface area contributed by atoms with Crippen molar-refractivity contribution in [3.63, 3.8) is 0 Å². The van der Waals surface area contributed by atoms with Crippen LogP contribution in [-0.2, 0) is 4.74 Å². The topological polar surface area (TPSA) is 181 Å². The molecule has 1 aliphatic rings. The third kappa shape index (κ3) is 3.53. The molecule has 10 heteroatoms. The van der Waals surface area contributed by atoms with Gasteiger partial charge in [-0.3, -0.25) is 4.79 Å². The zero-order valence-electron chi connectivity index (χ0n) is 16.8. The molecule has 32 heavy (non-hydrogen) atoms. The van der Waals surface area contributed by atoms with Gasteiger partial charge >= 0.3 is 0 Å². The van der Waals surface area contributed by atoms with Crippen molar-refractivity contribution in [2.75, 3.05) is 6.61 Å². The van der Waals surface area contributed by atoms with Crippen molar-refractivity contribution >= 4 is 11.0 Å². The molecule has 0 saturated carbocycles. The van der Waals surface area contributed by atoms with E-state index in [0.717, 1.165) is 18.2 Å². The van der Waals surface area contributed by atoms with E-state index in [9.17, 15) is 40.5 Å². The molecule has 1 unspecified atom stereocenters. The van der Waals surface area contributed by atoms with Gasteiger partial charge in [0.15, 0.2) is 11.0 Å². The highest BCUT2D eigenvalue weighted by Gasteiger charge is 2.44. The number of hydrogen-bond donors (Lipinski definition) is 7. The van der Waals surface area contributed by atoms with Crippen LogP contribution in [0.25, 0.3) is 22.3 Å². The third-order valence-corrected chi connectivity index (χ3v) is 5.72. The van der Waals surface area contributed by atoms with Gasteiger partial charge in [0.1, 0.15) is 46.4 Å². The van der Waals surface area contributed by atoms with Crippen molar-refractivity contribution in [1.29, 1.82) is 0 Å². The van der Waals surface area contributed by atoms with Crippen LogP contribution in [0.15, 0.2) is 39.5 Å². The Hall–Kier alpha value is -3.31. The maximum atomic E-state index is 12.8. The first-order valence-electron chi connectivity index (χ1n) is 9.81. The summed E-state index contributed by atoms with van der Waals surface area (Å²) in [5.74, 6) is -2.50. The largest absolute Gasteiger partial charge is 0.508 e. The molecule has 1 fully saturated rings. The van der Waals surface area contributed by atoms with E-state index >= 15 is 0 Å². The zero-order valence-corrected chi connectivity index (χ0v) is 16.8. The van der Waals surface area contributed by atoms with Crippen LogP contribution < -0.4 is 5.43 Å². The predicted molar refractivity (Wildman–Crippen MR) is 110 cm³/mol. The highest BCUT2D eigenvalue weighted by Crippen LogP contribution is 2.45. The van der Waals surface area contributed by atoms with E-state index < -0.39 is 53.9 Å². The normalized spacial score (nSPS) is 25.8. The lowest BCUT2D eigenvalue weighted by Gasteiger charge is -2.41. The average Bonchev–Trinajstić information content (AvgIpc) is 2.72. The fraction of sp³-hybridized carbons (Fsp3) is 0.318. The monoisotopic (exact) mass is 446 g/mol. The Morgan fingerprint density at radius 1 is 0.906 bits per heavy atom. The number of phenols is 4. The van der Waals surface area contributed by atoms with Crippen molar-refractivity contribution in [3.8, 4) is 34.3 Å². The zero-order chi connectivity index (χ0) is 23.3. The molecule has 5 atom stereocenters. The van der Waals surface area contributed by atoms with E-state index in [-0.39, 0.29) is 39.4 Å². The van der Waals surface area contributed by atoms with Gasteiger partial charge in [0.25, 0.3) is 0 Å². The van der Waals surface area contributed by atoms with Gasteiger partial charge in [-0.1, -0.05) is 6.92 Å². The highest BCUT2D eigenvalue weighted by atomic mass is 16.5. The summed E-state index contributed by atoms with van der Waals surface area (Å²) in [6.07, 6.45) is -5.00. The molecule has 170 valence electrons. The Labute approximate surface area is 180 Å². The number of ether oxygens (including phenoxy) is 1. The van der Waals surface area contributed by atoms with Crippen LogP contribution in [0.1, 0.15) is 18.6 Å². The molecule has 2 heterocycles. The quantitative estimate of drug-likeness (QED) is 0.307. The standard InChI is InChI=1S/C22H22O10/c1-8-19(29)20(30)16(7-23)32-21(8)18-13(27)5-12(26)17-14(28)6-15(31-22(17)18)9-2-10(24)4-11(25)3-9/h2-6,8,16,19-21,23-27,29-30H,7H2,1H3/t8?,16-,19-,20-,21-/m1/s1. The van der Waals surface area contributed by atoms with E-state index in [1.165, 1.54) is 12.1 Å². The summed E-state index contributed by atoms with van der Waals surface area (Å²) in [6, 6.07) is 5.57. The number of aliphatic hydroxyl groups is 3. The summed E-state index contributed by atoms with van der Waals surface area (Å²) >= 11 is 0. The fourth-order valence-electron chi connectivity index (χ4n) is 4.06. The third-order valence-electron chi connectivity index (χ3n) is 5.72. The molecular weight excluding hydrogens is 424 g/mol. The minimum atomic E-state index is -1.38. The van der Waals surface area contributed by atoms with Gasteiger partial charge in [-0.05, 0) is 12.1 Å². The lowest BCUT2D eigenvalue weighted by atomic mass is 9.84. The molecular formula is C22H22O10. The maximum Gasteiger partial charge on any atom is 0.197 e. The van der Waals surface area contributed by atoms with Gasteiger partial charge in [0.05, 0.1) is 24.4 Å². The Morgan fingerprint density at radius 3 is 2.19 bits per heavy atom. The first-order valence-corrected chi connectivity index (χ1v) is 9.81. The van der Waals surface area contributed by atoms with Crippen LogP contribution in [-0.4, -0.2) is 60.7 Å². The summed E-state index contributed by atoms with van der Waals surface area (Å²) in [7, 11) is 0. The molecule has 0 spiro atoms. The van der Waals surface area contributed by atoms with Crippen molar-refractivity contribution in [2.45, 2.75) is 31.3 Å². The van der Waals surface area contributed by atoms with E-state index in [2.05, 4.69) is 0 Å². The second-order valence-electron chi connectivity index (χ2n) is 7.86. The Bertz CT molecular complexity index is 1210. The second kappa shape index (κ2) is 7.99. The molecule has 2 aromatic carbocycles. The number of hydrogen-bond acceptors (Lipinski definition) is 10. The van der Waals surface area contributed by atoms with Crippen LogP contribution in [0, 0.1) is 5.92 Å². The Morgan fingerprint density at radius 2 is 1.56 bits per heavy atom. The summed E-state index contributed by atoms with van der Waals surface area (Å²) < 4.78 is 11.6. The SMILES string of the molecule is CC1[C@@H](O)[C@H](O)[C@@H](CO)O[C@H]1c1c(O)cc(O)c2c(=O)cc(-c3cc(O)cc(O)c3)oc12. The molecule has 0 aliphatic carbocycles. The molecule has 0 amide bonds. The molecule has 0 bridgehead atoms. The van der Waals surface area contributed by atoms with Crippen LogP contribution in [0.2, 0.25) is 0 Å². The van der Waals surface area contributed by atoms with Crippen molar-refractivity contribution in [1.82, 2.24) is 0 Å². The lowest BCUT2D eigenvalue weighted by Crippen LogP contribution is -2.51. The number of fused-ring (bicyclic) bond motifs is 1. The van der Waals surface area contributed by atoms with Gasteiger partial charge in [0, 0.05) is 29.7 Å². The minimum absolute atomic E-state index is 0.0713. The molecule has 0 radical (unpaired) electrons. The van der Waals surface area contributed by atoms with E-state index in [0.29, 0.717) is 0 Å². The molecule has 10 nitrogen and oxygen atoms in total. The number of benzene rings is 2. The van der Waals surface area contributed by atoms with Crippen LogP contribution in [0.5, 0.6) is 23.0 Å². The van der Waals surface area contributed by atoms with Gasteiger partial charge < -0.3 is 44.9 Å².